The lowest BCUT2D eigenvalue weighted by Gasteiger charge is -2.23. The van der Waals surface area contributed by atoms with E-state index in [9.17, 15) is 0 Å². The fourth-order valence-electron chi connectivity index (χ4n) is 2.85. The average molecular weight is 276 g/mol. The number of likely N-dealkylation sites (N-methyl/N-ethyl adjacent to an activating group) is 1. The first kappa shape index (κ1) is 13.6. The van der Waals surface area contributed by atoms with Crippen LogP contribution in [-0.2, 0) is 0 Å². The molecule has 3 N–H and O–H groups in total. The van der Waals surface area contributed by atoms with E-state index in [1.54, 1.807) is 0 Å². The maximum Gasteiger partial charge on any atom is 0.148 e. The molecule has 1 aliphatic heterocycles. The Balaban J connectivity index is 1.90. The first-order valence-electron chi connectivity index (χ1n) is 7.36. The van der Waals surface area contributed by atoms with Crippen LogP contribution in [-0.4, -0.2) is 48.1 Å². The summed E-state index contributed by atoms with van der Waals surface area (Å²) in [7, 11) is 4.28. The highest BCUT2D eigenvalue weighted by molar-refractivity contribution is 5.59. The predicted molar refractivity (Wildman–Crippen MR) is 80.9 cm³/mol. The molecule has 1 aliphatic carbocycles. The van der Waals surface area contributed by atoms with Gasteiger partial charge in [0.15, 0.2) is 0 Å². The summed E-state index contributed by atoms with van der Waals surface area (Å²) in [6, 6.07) is 0.600. The molecule has 20 heavy (non-hydrogen) atoms. The highest BCUT2D eigenvalue weighted by Gasteiger charge is 2.31. The molecular formula is C14H24N6. The van der Waals surface area contributed by atoms with Gasteiger partial charge >= 0.3 is 0 Å². The molecule has 0 aromatic carbocycles. The smallest absolute Gasteiger partial charge is 0.148 e. The Labute approximate surface area is 120 Å². The van der Waals surface area contributed by atoms with Gasteiger partial charge in [-0.2, -0.15) is 0 Å². The lowest BCUT2D eigenvalue weighted by atomic mass is 10.2. The second-order valence-electron chi connectivity index (χ2n) is 6.15. The van der Waals surface area contributed by atoms with E-state index >= 15 is 0 Å². The van der Waals surface area contributed by atoms with Gasteiger partial charge in [0.1, 0.15) is 17.5 Å². The molecule has 1 saturated heterocycles. The number of nitrogen functional groups attached to an aromatic ring is 1. The summed E-state index contributed by atoms with van der Waals surface area (Å²) in [4.78, 5) is 14.0. The van der Waals surface area contributed by atoms with Crippen LogP contribution in [0.15, 0.2) is 0 Å². The Morgan fingerprint density at radius 3 is 2.55 bits per heavy atom. The highest BCUT2D eigenvalue weighted by atomic mass is 15.3. The van der Waals surface area contributed by atoms with E-state index in [1.807, 2.05) is 6.92 Å². The van der Waals surface area contributed by atoms with Crippen LogP contribution in [0, 0.1) is 6.92 Å². The van der Waals surface area contributed by atoms with Gasteiger partial charge in [0.05, 0.1) is 0 Å². The van der Waals surface area contributed by atoms with Crippen molar-refractivity contribution in [1.82, 2.24) is 14.9 Å². The summed E-state index contributed by atoms with van der Waals surface area (Å²) in [5.74, 6) is 8.93. The van der Waals surface area contributed by atoms with Gasteiger partial charge in [-0.3, -0.25) is 0 Å². The molecule has 1 saturated carbocycles. The van der Waals surface area contributed by atoms with Crippen LogP contribution in [0.3, 0.4) is 0 Å². The minimum atomic E-state index is 0.536. The molecule has 6 nitrogen and oxygen atoms in total. The molecule has 6 heteroatoms. The van der Waals surface area contributed by atoms with Crippen molar-refractivity contribution >= 4 is 11.6 Å². The van der Waals surface area contributed by atoms with Crippen molar-refractivity contribution in [2.24, 2.45) is 5.84 Å². The van der Waals surface area contributed by atoms with Gasteiger partial charge in [0.2, 0.25) is 0 Å². The highest BCUT2D eigenvalue weighted by Crippen LogP contribution is 2.40. The Kier molecular flexibility index (Phi) is 3.52. The van der Waals surface area contributed by atoms with E-state index in [0.29, 0.717) is 12.0 Å². The zero-order chi connectivity index (χ0) is 14.3. The van der Waals surface area contributed by atoms with Crippen molar-refractivity contribution in [2.75, 3.05) is 37.5 Å². The van der Waals surface area contributed by atoms with Gasteiger partial charge in [0, 0.05) is 30.6 Å². The maximum absolute atomic E-state index is 5.62. The molecule has 2 aliphatic rings. The van der Waals surface area contributed by atoms with Crippen molar-refractivity contribution in [3.63, 3.8) is 0 Å². The third-order valence-corrected chi connectivity index (χ3v) is 4.41. The Morgan fingerprint density at radius 2 is 2.00 bits per heavy atom. The maximum atomic E-state index is 5.62. The van der Waals surface area contributed by atoms with Gasteiger partial charge in [-0.1, -0.05) is 0 Å². The van der Waals surface area contributed by atoms with Crippen molar-refractivity contribution in [2.45, 2.75) is 38.1 Å². The van der Waals surface area contributed by atoms with Gasteiger partial charge in [-0.25, -0.2) is 15.8 Å². The van der Waals surface area contributed by atoms with Crippen molar-refractivity contribution in [1.29, 1.82) is 0 Å². The van der Waals surface area contributed by atoms with E-state index in [4.69, 9.17) is 10.8 Å². The molecular weight excluding hydrogens is 252 g/mol. The number of nitrogens with one attached hydrogen (secondary N) is 1. The first-order chi connectivity index (χ1) is 9.60. The number of aromatic nitrogens is 2. The van der Waals surface area contributed by atoms with Crippen molar-refractivity contribution in [3.8, 4) is 0 Å². The molecule has 1 aromatic rings. The van der Waals surface area contributed by atoms with Gasteiger partial charge in [-0.15, -0.1) is 0 Å². The summed E-state index contributed by atoms with van der Waals surface area (Å²) >= 11 is 0. The average Bonchev–Trinajstić information content (AvgIpc) is 3.16. The second kappa shape index (κ2) is 5.18. The quantitative estimate of drug-likeness (QED) is 0.633. The molecule has 0 radical (unpaired) electrons. The largest absolute Gasteiger partial charge is 0.355 e. The molecule has 1 unspecified atom stereocenters. The molecule has 2 fully saturated rings. The normalized spacial score (nSPS) is 22.6. The number of rotatable bonds is 4. The number of anilines is 2. The molecule has 1 atom stereocenters. The summed E-state index contributed by atoms with van der Waals surface area (Å²) in [6.07, 6.45) is 3.58. The number of nitrogens with zero attached hydrogens (tertiary/aromatic N) is 4. The first-order valence-corrected chi connectivity index (χ1v) is 7.36. The minimum absolute atomic E-state index is 0.536. The Morgan fingerprint density at radius 1 is 1.25 bits per heavy atom. The SMILES string of the molecule is Cc1c(NN)nc(C2CC2)nc1N1CCC(N(C)C)C1. The standard InChI is InChI=1S/C14H24N6/c1-9-12(18-15)16-13(10-4-5-10)17-14(9)20-7-6-11(8-20)19(2)3/h10-11H,4-8,15H2,1-3H3,(H,16,17,18). The number of hydrogen-bond donors (Lipinski definition) is 2. The Bertz CT molecular complexity index is 497. The number of hydrogen-bond acceptors (Lipinski definition) is 6. The Hall–Kier alpha value is -1.40. The van der Waals surface area contributed by atoms with E-state index in [1.165, 1.54) is 19.3 Å². The van der Waals surface area contributed by atoms with Gasteiger partial charge in [-0.05, 0) is 40.3 Å². The van der Waals surface area contributed by atoms with Gasteiger partial charge in [0.25, 0.3) is 0 Å². The van der Waals surface area contributed by atoms with E-state index in [0.717, 1.165) is 36.1 Å². The molecule has 0 spiro atoms. The topological polar surface area (TPSA) is 70.3 Å². The van der Waals surface area contributed by atoms with Crippen LogP contribution in [0.5, 0.6) is 0 Å². The van der Waals surface area contributed by atoms with Gasteiger partial charge < -0.3 is 15.2 Å². The zero-order valence-electron chi connectivity index (χ0n) is 12.6. The van der Waals surface area contributed by atoms with Crippen molar-refractivity contribution in [3.05, 3.63) is 11.4 Å². The fraction of sp³-hybridized carbons (Fsp3) is 0.714. The van der Waals surface area contributed by atoms with Crippen LogP contribution in [0.4, 0.5) is 11.6 Å². The number of hydrazine groups is 1. The molecule has 0 bridgehead atoms. The van der Waals surface area contributed by atoms with Crippen LogP contribution < -0.4 is 16.2 Å². The summed E-state index contributed by atoms with van der Waals surface area (Å²) < 4.78 is 0. The third-order valence-electron chi connectivity index (χ3n) is 4.41. The predicted octanol–water partition coefficient (Wildman–Crippen LogP) is 1.09. The summed E-state index contributed by atoms with van der Waals surface area (Å²) in [5, 5.41) is 0. The monoisotopic (exact) mass is 276 g/mol. The van der Waals surface area contributed by atoms with Crippen LogP contribution >= 0.6 is 0 Å². The molecule has 0 amide bonds. The molecule has 3 rings (SSSR count). The molecule has 2 heterocycles. The van der Waals surface area contributed by atoms with Crippen molar-refractivity contribution < 1.29 is 0 Å². The lowest BCUT2D eigenvalue weighted by molar-refractivity contribution is 0.315. The molecule has 110 valence electrons. The zero-order valence-corrected chi connectivity index (χ0v) is 12.6. The van der Waals surface area contributed by atoms with E-state index < -0.39 is 0 Å². The minimum Gasteiger partial charge on any atom is -0.355 e. The summed E-state index contributed by atoms with van der Waals surface area (Å²) in [6.45, 7) is 4.12. The van der Waals surface area contributed by atoms with Crippen LogP contribution in [0.1, 0.15) is 36.6 Å². The second-order valence-corrected chi connectivity index (χ2v) is 6.15. The third kappa shape index (κ3) is 2.45. The van der Waals surface area contributed by atoms with Crippen LogP contribution in [0.25, 0.3) is 0 Å². The van der Waals surface area contributed by atoms with E-state index in [2.05, 4.69) is 34.3 Å². The summed E-state index contributed by atoms with van der Waals surface area (Å²) in [5.41, 5.74) is 3.78. The molecule has 1 aromatic heterocycles. The number of nitrogens with two attached hydrogens (primary N) is 1. The van der Waals surface area contributed by atoms with Crippen LogP contribution in [0.2, 0.25) is 0 Å². The lowest BCUT2D eigenvalue weighted by Crippen LogP contribution is -2.32. The fourth-order valence-corrected chi connectivity index (χ4v) is 2.85. The van der Waals surface area contributed by atoms with E-state index in [-0.39, 0.29) is 0 Å².